The Morgan fingerprint density at radius 2 is 2.08 bits per heavy atom. The van der Waals surface area contributed by atoms with E-state index in [1.807, 2.05) is 0 Å². The van der Waals surface area contributed by atoms with Crippen molar-refractivity contribution in [3.63, 3.8) is 0 Å². The third-order valence-corrected chi connectivity index (χ3v) is 5.07. The molecular weight excluding hydrogens is 316 g/mol. The molecule has 2 bridgehead atoms. The summed E-state index contributed by atoms with van der Waals surface area (Å²) < 4.78 is 11.4. The van der Waals surface area contributed by atoms with Crippen LogP contribution in [-0.4, -0.2) is 83.8 Å². The summed E-state index contributed by atoms with van der Waals surface area (Å²) in [7, 11) is 0. The highest BCUT2D eigenvalue weighted by Gasteiger charge is 2.46. The first-order chi connectivity index (χ1) is 11.4. The van der Waals surface area contributed by atoms with E-state index < -0.39 is 5.97 Å². The van der Waals surface area contributed by atoms with Crippen molar-refractivity contribution in [2.75, 3.05) is 32.8 Å². The minimum Gasteiger partial charge on any atom is -0.480 e. The lowest BCUT2D eigenvalue weighted by atomic mass is 9.88. The molecule has 0 aliphatic carbocycles. The van der Waals surface area contributed by atoms with Crippen molar-refractivity contribution in [2.45, 2.75) is 44.5 Å². The molecule has 0 saturated carbocycles. The zero-order valence-electron chi connectivity index (χ0n) is 13.8. The minimum absolute atomic E-state index is 0.0459. The molecule has 3 saturated heterocycles. The van der Waals surface area contributed by atoms with Gasteiger partial charge in [-0.2, -0.15) is 0 Å². The predicted molar refractivity (Wildman–Crippen MR) is 82.2 cm³/mol. The maximum atomic E-state index is 12.7. The van der Waals surface area contributed by atoms with Crippen LogP contribution in [0.25, 0.3) is 0 Å². The molecular formula is C16H24N2O6. The van der Waals surface area contributed by atoms with Crippen LogP contribution < -0.4 is 0 Å². The van der Waals surface area contributed by atoms with Crippen molar-refractivity contribution in [1.82, 2.24) is 9.80 Å². The molecule has 3 fully saturated rings. The third kappa shape index (κ3) is 3.70. The van der Waals surface area contributed by atoms with Gasteiger partial charge in [0.2, 0.25) is 11.8 Å². The SMILES string of the molecule is CC(=O)N(CC(=O)O)CC1CN(C(=O)C2CC3CCC2O3)CCO1. The fourth-order valence-electron chi connectivity index (χ4n) is 3.88. The predicted octanol–water partition coefficient (Wildman–Crippen LogP) is -0.286. The Hall–Kier alpha value is -1.67. The highest BCUT2D eigenvalue weighted by Crippen LogP contribution is 2.39. The molecule has 0 radical (unpaired) electrons. The Labute approximate surface area is 140 Å². The summed E-state index contributed by atoms with van der Waals surface area (Å²) in [6, 6.07) is 0. The molecule has 8 nitrogen and oxygen atoms in total. The molecule has 0 aromatic heterocycles. The molecule has 3 heterocycles. The molecule has 0 aromatic rings. The highest BCUT2D eigenvalue weighted by atomic mass is 16.5. The summed E-state index contributed by atoms with van der Waals surface area (Å²) in [6.45, 7) is 2.47. The van der Waals surface area contributed by atoms with Gasteiger partial charge in [0, 0.05) is 26.6 Å². The van der Waals surface area contributed by atoms with Gasteiger partial charge in [-0.05, 0) is 19.3 Å². The lowest BCUT2D eigenvalue weighted by Gasteiger charge is -2.37. The number of amides is 2. The molecule has 8 heteroatoms. The number of ether oxygens (including phenoxy) is 2. The molecule has 3 aliphatic heterocycles. The summed E-state index contributed by atoms with van der Waals surface area (Å²) in [5, 5.41) is 8.89. The molecule has 0 spiro atoms. The van der Waals surface area contributed by atoms with Crippen molar-refractivity contribution >= 4 is 17.8 Å². The first-order valence-corrected chi connectivity index (χ1v) is 8.47. The molecule has 4 atom stereocenters. The van der Waals surface area contributed by atoms with Gasteiger partial charge in [0.25, 0.3) is 0 Å². The van der Waals surface area contributed by atoms with E-state index in [0.717, 1.165) is 19.3 Å². The van der Waals surface area contributed by atoms with Crippen LogP contribution in [0.15, 0.2) is 0 Å². The highest BCUT2D eigenvalue weighted by molar-refractivity contribution is 5.80. The van der Waals surface area contributed by atoms with Crippen LogP contribution in [0.2, 0.25) is 0 Å². The molecule has 4 unspecified atom stereocenters. The van der Waals surface area contributed by atoms with Gasteiger partial charge < -0.3 is 24.4 Å². The average molecular weight is 340 g/mol. The first kappa shape index (κ1) is 17.2. The number of carboxylic acid groups (broad SMARTS) is 1. The maximum absolute atomic E-state index is 12.7. The van der Waals surface area contributed by atoms with Gasteiger partial charge in [0.15, 0.2) is 0 Å². The zero-order valence-corrected chi connectivity index (χ0v) is 13.8. The molecule has 3 rings (SSSR count). The van der Waals surface area contributed by atoms with Gasteiger partial charge in [-0.1, -0.05) is 0 Å². The van der Waals surface area contributed by atoms with Crippen molar-refractivity contribution < 1.29 is 29.0 Å². The summed E-state index contributed by atoms with van der Waals surface area (Å²) in [5.41, 5.74) is 0. The van der Waals surface area contributed by atoms with Crippen LogP contribution >= 0.6 is 0 Å². The number of carbonyl (C=O) groups is 3. The number of rotatable bonds is 5. The normalized spacial score (nSPS) is 32.0. The van der Waals surface area contributed by atoms with Gasteiger partial charge >= 0.3 is 5.97 Å². The fourth-order valence-corrected chi connectivity index (χ4v) is 3.88. The number of aliphatic carboxylic acids is 1. The van der Waals surface area contributed by atoms with Crippen LogP contribution in [0.3, 0.4) is 0 Å². The topological polar surface area (TPSA) is 96.4 Å². The second kappa shape index (κ2) is 7.06. The lowest BCUT2D eigenvalue weighted by molar-refractivity contribution is -0.150. The van der Waals surface area contributed by atoms with Crippen molar-refractivity contribution in [3.8, 4) is 0 Å². The Morgan fingerprint density at radius 1 is 1.29 bits per heavy atom. The molecule has 1 N–H and O–H groups in total. The minimum atomic E-state index is -1.06. The molecule has 0 aromatic carbocycles. The summed E-state index contributed by atoms with van der Waals surface area (Å²) in [4.78, 5) is 38.2. The van der Waals surface area contributed by atoms with E-state index in [-0.39, 0.29) is 49.1 Å². The summed E-state index contributed by atoms with van der Waals surface area (Å²) in [6.07, 6.45) is 2.71. The second-order valence-electron chi connectivity index (χ2n) is 6.79. The average Bonchev–Trinajstić information content (AvgIpc) is 3.16. The van der Waals surface area contributed by atoms with Crippen LogP contribution in [0, 0.1) is 5.92 Å². The van der Waals surface area contributed by atoms with Crippen molar-refractivity contribution in [1.29, 1.82) is 0 Å². The second-order valence-corrected chi connectivity index (χ2v) is 6.79. The number of hydrogen-bond acceptors (Lipinski definition) is 5. The van der Waals surface area contributed by atoms with Gasteiger partial charge in [-0.3, -0.25) is 14.4 Å². The number of morpholine rings is 1. The zero-order chi connectivity index (χ0) is 17.3. The van der Waals surface area contributed by atoms with Crippen LogP contribution in [0.1, 0.15) is 26.2 Å². The van der Waals surface area contributed by atoms with E-state index in [1.165, 1.54) is 11.8 Å². The van der Waals surface area contributed by atoms with Crippen LogP contribution in [-0.2, 0) is 23.9 Å². The molecule has 24 heavy (non-hydrogen) atoms. The summed E-state index contributed by atoms with van der Waals surface area (Å²) >= 11 is 0. The largest absolute Gasteiger partial charge is 0.480 e. The fraction of sp³-hybridized carbons (Fsp3) is 0.812. The van der Waals surface area contributed by atoms with Crippen molar-refractivity contribution in [2.24, 2.45) is 5.92 Å². The lowest BCUT2D eigenvalue weighted by Crippen LogP contribution is -2.53. The Morgan fingerprint density at radius 3 is 2.67 bits per heavy atom. The number of hydrogen-bond donors (Lipinski definition) is 1. The third-order valence-electron chi connectivity index (χ3n) is 5.07. The maximum Gasteiger partial charge on any atom is 0.323 e. The van der Waals surface area contributed by atoms with Crippen molar-refractivity contribution in [3.05, 3.63) is 0 Å². The smallest absolute Gasteiger partial charge is 0.323 e. The van der Waals surface area contributed by atoms with E-state index in [2.05, 4.69) is 0 Å². The van der Waals surface area contributed by atoms with Gasteiger partial charge in [-0.25, -0.2) is 0 Å². The first-order valence-electron chi connectivity index (χ1n) is 8.47. The number of carboxylic acids is 1. The molecule has 2 amide bonds. The van der Waals surface area contributed by atoms with Gasteiger partial charge in [0.1, 0.15) is 6.54 Å². The standard InChI is InChI=1S/C16H24N2O6/c1-10(19)18(9-15(20)21)8-12-7-17(4-5-23-12)16(22)13-6-11-2-3-14(13)24-11/h11-14H,2-9H2,1H3,(H,20,21). The summed E-state index contributed by atoms with van der Waals surface area (Å²) in [5.74, 6) is -1.34. The quantitative estimate of drug-likeness (QED) is 0.739. The van der Waals surface area contributed by atoms with Gasteiger partial charge in [-0.15, -0.1) is 0 Å². The molecule has 134 valence electrons. The Balaban J connectivity index is 1.56. The van der Waals surface area contributed by atoms with E-state index >= 15 is 0 Å². The number of fused-ring (bicyclic) bond motifs is 2. The Kier molecular flexibility index (Phi) is 5.05. The number of nitrogens with zero attached hydrogens (tertiary/aromatic N) is 2. The van der Waals surface area contributed by atoms with Crippen LogP contribution in [0.5, 0.6) is 0 Å². The van der Waals surface area contributed by atoms with E-state index in [4.69, 9.17) is 14.6 Å². The van der Waals surface area contributed by atoms with E-state index in [1.54, 1.807) is 4.90 Å². The van der Waals surface area contributed by atoms with E-state index in [9.17, 15) is 14.4 Å². The van der Waals surface area contributed by atoms with Crippen LogP contribution in [0.4, 0.5) is 0 Å². The molecule has 3 aliphatic rings. The number of carbonyl (C=O) groups excluding carboxylic acids is 2. The van der Waals surface area contributed by atoms with Gasteiger partial charge in [0.05, 0.1) is 30.8 Å². The van der Waals surface area contributed by atoms with E-state index in [0.29, 0.717) is 19.7 Å². The Bertz CT molecular complexity index is 525. The monoisotopic (exact) mass is 340 g/mol.